The van der Waals surface area contributed by atoms with Gasteiger partial charge in [-0.05, 0) is 24.1 Å². The third-order valence-electron chi connectivity index (χ3n) is 4.27. The van der Waals surface area contributed by atoms with Crippen molar-refractivity contribution in [2.24, 2.45) is 0 Å². The van der Waals surface area contributed by atoms with Crippen LogP contribution in [0.15, 0.2) is 54.9 Å². The minimum absolute atomic E-state index is 0.127. The normalized spacial score (nSPS) is 18.0. The average Bonchev–Trinajstić information content (AvgIpc) is 3.06. The number of esters is 1. The first-order valence-electron chi connectivity index (χ1n) is 8.09. The fourth-order valence-electron chi connectivity index (χ4n) is 2.89. The largest absolute Gasteiger partial charge is 0.452 e. The van der Waals surface area contributed by atoms with Crippen LogP contribution in [0.5, 0.6) is 0 Å². The maximum atomic E-state index is 12.9. The van der Waals surface area contributed by atoms with Crippen molar-refractivity contribution >= 4 is 11.9 Å². The van der Waals surface area contributed by atoms with Crippen molar-refractivity contribution in [3.05, 3.63) is 66.0 Å². The number of amides is 1. The van der Waals surface area contributed by atoms with Crippen LogP contribution < -0.4 is 0 Å². The Balaban J connectivity index is 1.85. The zero-order chi connectivity index (χ0) is 16.9. The van der Waals surface area contributed by atoms with Crippen LogP contribution in [-0.2, 0) is 20.9 Å². The fraction of sp³-hybridized carbons (Fsp3) is 0.316. The molecular weight excluding hydrogens is 304 g/mol. The van der Waals surface area contributed by atoms with Crippen molar-refractivity contribution in [3.8, 4) is 0 Å². The fourth-order valence-corrected chi connectivity index (χ4v) is 2.89. The van der Waals surface area contributed by atoms with E-state index in [1.54, 1.807) is 17.3 Å². The molecule has 5 nitrogen and oxygen atoms in total. The molecule has 1 fully saturated rings. The highest BCUT2D eigenvalue weighted by Crippen LogP contribution is 2.26. The van der Waals surface area contributed by atoms with Crippen LogP contribution in [0.3, 0.4) is 0 Å². The van der Waals surface area contributed by atoms with E-state index in [0.717, 1.165) is 11.1 Å². The monoisotopic (exact) mass is 324 g/mol. The lowest BCUT2D eigenvalue weighted by Crippen LogP contribution is -2.40. The summed E-state index contributed by atoms with van der Waals surface area (Å²) in [4.78, 5) is 30.2. The molecule has 2 heterocycles. The third kappa shape index (κ3) is 3.62. The average molecular weight is 324 g/mol. The third-order valence-corrected chi connectivity index (χ3v) is 4.27. The maximum Gasteiger partial charge on any atom is 0.306 e. The first-order chi connectivity index (χ1) is 11.6. The van der Waals surface area contributed by atoms with Crippen molar-refractivity contribution in [3.63, 3.8) is 0 Å². The van der Waals surface area contributed by atoms with Crippen LogP contribution >= 0.6 is 0 Å². The van der Waals surface area contributed by atoms with Crippen LogP contribution in [0, 0.1) is 0 Å². The molecule has 3 rings (SSSR count). The number of aromatic nitrogens is 1. The van der Waals surface area contributed by atoms with Crippen LogP contribution in [0.25, 0.3) is 0 Å². The summed E-state index contributed by atoms with van der Waals surface area (Å²) in [5.74, 6) is -0.455. The van der Waals surface area contributed by atoms with Gasteiger partial charge in [-0.15, -0.1) is 0 Å². The van der Waals surface area contributed by atoms with E-state index < -0.39 is 6.10 Å². The van der Waals surface area contributed by atoms with Gasteiger partial charge in [0.15, 0.2) is 6.10 Å². The highest BCUT2D eigenvalue weighted by Gasteiger charge is 2.35. The Morgan fingerprint density at radius 3 is 2.71 bits per heavy atom. The molecule has 0 saturated carbocycles. The minimum Gasteiger partial charge on any atom is -0.452 e. The molecule has 1 aromatic carbocycles. The standard InChI is InChI=1S/C19H20N2O3/c1-14(16-7-3-2-4-8-16)21(13-15-6-5-11-20-12-15)19(23)17-9-10-18(22)24-17/h2-8,11-12,14,17H,9-10,13H2,1H3/t14-,17+/m0/s1. The van der Waals surface area contributed by atoms with E-state index in [0.29, 0.717) is 19.4 Å². The van der Waals surface area contributed by atoms with Crippen LogP contribution in [0.2, 0.25) is 0 Å². The van der Waals surface area contributed by atoms with Gasteiger partial charge in [0.05, 0.1) is 6.04 Å². The molecule has 1 aliphatic rings. The Morgan fingerprint density at radius 1 is 1.29 bits per heavy atom. The first kappa shape index (κ1) is 16.2. The Labute approximate surface area is 141 Å². The Morgan fingerprint density at radius 2 is 2.08 bits per heavy atom. The number of nitrogens with zero attached hydrogens (tertiary/aromatic N) is 2. The van der Waals surface area contributed by atoms with E-state index in [1.165, 1.54) is 0 Å². The van der Waals surface area contributed by atoms with Gasteiger partial charge in [0.2, 0.25) is 0 Å². The van der Waals surface area contributed by atoms with Gasteiger partial charge in [0.25, 0.3) is 5.91 Å². The SMILES string of the molecule is C[C@@H](c1ccccc1)N(Cc1cccnc1)C(=O)[C@H]1CCC(=O)O1. The molecule has 5 heteroatoms. The number of hydrogen-bond acceptors (Lipinski definition) is 4. The van der Waals surface area contributed by atoms with Crippen molar-refractivity contribution in [1.82, 2.24) is 9.88 Å². The molecule has 2 atom stereocenters. The zero-order valence-electron chi connectivity index (χ0n) is 13.6. The summed E-state index contributed by atoms with van der Waals surface area (Å²) in [6.45, 7) is 2.41. The predicted octanol–water partition coefficient (Wildman–Crippen LogP) is 2.88. The summed E-state index contributed by atoms with van der Waals surface area (Å²) in [6, 6.07) is 13.5. The summed E-state index contributed by atoms with van der Waals surface area (Å²) >= 11 is 0. The van der Waals surface area contributed by atoms with Gasteiger partial charge in [0, 0.05) is 31.8 Å². The molecule has 1 aromatic heterocycles. The van der Waals surface area contributed by atoms with Crippen molar-refractivity contribution < 1.29 is 14.3 Å². The number of benzene rings is 1. The minimum atomic E-state index is -0.680. The molecule has 0 N–H and O–H groups in total. The van der Waals surface area contributed by atoms with Gasteiger partial charge >= 0.3 is 5.97 Å². The van der Waals surface area contributed by atoms with E-state index in [4.69, 9.17) is 4.74 Å². The second-order valence-corrected chi connectivity index (χ2v) is 5.93. The molecule has 24 heavy (non-hydrogen) atoms. The zero-order valence-corrected chi connectivity index (χ0v) is 13.6. The molecule has 1 saturated heterocycles. The number of rotatable bonds is 5. The number of cyclic esters (lactones) is 1. The number of pyridine rings is 1. The molecule has 1 aliphatic heterocycles. The van der Waals surface area contributed by atoms with Gasteiger partial charge in [-0.1, -0.05) is 36.4 Å². The summed E-state index contributed by atoms with van der Waals surface area (Å²) in [6.07, 6.45) is 3.52. The van der Waals surface area contributed by atoms with Crippen LogP contribution in [0.1, 0.15) is 36.9 Å². The molecule has 0 aliphatic carbocycles. The number of ether oxygens (including phenoxy) is 1. The van der Waals surface area contributed by atoms with Crippen molar-refractivity contribution in [2.75, 3.05) is 0 Å². The van der Waals surface area contributed by atoms with Gasteiger partial charge in [-0.2, -0.15) is 0 Å². The second kappa shape index (κ2) is 7.25. The second-order valence-electron chi connectivity index (χ2n) is 5.93. The van der Waals surface area contributed by atoms with Gasteiger partial charge in [-0.3, -0.25) is 14.6 Å². The van der Waals surface area contributed by atoms with E-state index in [1.807, 2.05) is 49.4 Å². The van der Waals surface area contributed by atoms with E-state index in [2.05, 4.69) is 4.98 Å². The molecule has 0 bridgehead atoms. The molecular formula is C19H20N2O3. The molecule has 0 radical (unpaired) electrons. The quantitative estimate of drug-likeness (QED) is 0.794. The number of carbonyl (C=O) groups excluding carboxylic acids is 2. The molecule has 2 aromatic rings. The highest BCUT2D eigenvalue weighted by molar-refractivity contribution is 5.86. The van der Waals surface area contributed by atoms with Gasteiger partial charge in [0.1, 0.15) is 0 Å². The van der Waals surface area contributed by atoms with Crippen molar-refractivity contribution in [1.29, 1.82) is 0 Å². The Kier molecular flexibility index (Phi) is 4.89. The van der Waals surface area contributed by atoms with Crippen molar-refractivity contribution in [2.45, 2.75) is 38.5 Å². The van der Waals surface area contributed by atoms with Gasteiger partial charge < -0.3 is 9.64 Å². The molecule has 124 valence electrons. The van der Waals surface area contributed by atoms with E-state index in [-0.39, 0.29) is 17.9 Å². The Hall–Kier alpha value is -2.69. The van der Waals surface area contributed by atoms with Crippen LogP contribution in [0.4, 0.5) is 0 Å². The van der Waals surface area contributed by atoms with E-state index in [9.17, 15) is 9.59 Å². The summed E-state index contributed by atoms with van der Waals surface area (Å²) in [5.41, 5.74) is 1.98. The summed E-state index contributed by atoms with van der Waals surface area (Å²) < 4.78 is 5.18. The topological polar surface area (TPSA) is 59.5 Å². The lowest BCUT2D eigenvalue weighted by atomic mass is 10.0. The molecule has 0 spiro atoms. The lowest BCUT2D eigenvalue weighted by molar-refractivity contribution is -0.154. The smallest absolute Gasteiger partial charge is 0.306 e. The van der Waals surface area contributed by atoms with E-state index >= 15 is 0 Å². The molecule has 0 unspecified atom stereocenters. The predicted molar refractivity (Wildman–Crippen MR) is 88.8 cm³/mol. The lowest BCUT2D eigenvalue weighted by Gasteiger charge is -2.31. The number of hydrogen-bond donors (Lipinski definition) is 0. The summed E-state index contributed by atoms with van der Waals surface area (Å²) in [7, 11) is 0. The summed E-state index contributed by atoms with van der Waals surface area (Å²) in [5, 5.41) is 0. The van der Waals surface area contributed by atoms with Crippen LogP contribution in [-0.4, -0.2) is 27.9 Å². The highest BCUT2D eigenvalue weighted by atomic mass is 16.6. The number of carbonyl (C=O) groups is 2. The molecule has 1 amide bonds. The Bertz CT molecular complexity index is 703. The first-order valence-corrected chi connectivity index (χ1v) is 8.09. The maximum absolute atomic E-state index is 12.9. The van der Waals surface area contributed by atoms with Gasteiger partial charge in [-0.25, -0.2) is 0 Å².